The number of hydrogen-bond acceptors (Lipinski definition) is 6. The molecule has 1 saturated heterocycles. The molecule has 1 aliphatic rings. The number of nitrogens with one attached hydrogen (secondary N) is 2. The van der Waals surface area contributed by atoms with Gasteiger partial charge in [-0.05, 0) is 43.3 Å². The van der Waals surface area contributed by atoms with E-state index in [1.807, 2.05) is 4.90 Å². The molecule has 2 N–H and O–H groups in total. The van der Waals surface area contributed by atoms with Crippen LogP contribution in [0.2, 0.25) is 0 Å². The van der Waals surface area contributed by atoms with Crippen LogP contribution in [-0.4, -0.2) is 58.7 Å². The number of amides is 2. The molecule has 10 heteroatoms. The summed E-state index contributed by atoms with van der Waals surface area (Å²) in [5, 5.41) is 5.99. The molecule has 0 spiro atoms. The molecule has 1 aromatic heterocycles. The summed E-state index contributed by atoms with van der Waals surface area (Å²) in [5.74, 6) is -0.520. The van der Waals surface area contributed by atoms with Crippen molar-refractivity contribution in [2.24, 2.45) is 0 Å². The Morgan fingerprint density at radius 3 is 2.06 bits per heavy atom. The van der Waals surface area contributed by atoms with Crippen molar-refractivity contribution in [1.29, 1.82) is 0 Å². The summed E-state index contributed by atoms with van der Waals surface area (Å²) in [6.45, 7) is 4.69. The van der Waals surface area contributed by atoms with E-state index in [0.29, 0.717) is 42.0 Å². The Kier molecular flexibility index (Phi) is 7.19. The number of rotatable bonds is 7. The van der Waals surface area contributed by atoms with Crippen molar-refractivity contribution in [2.45, 2.75) is 20.0 Å². The second-order valence-electron chi connectivity index (χ2n) is 8.00. The van der Waals surface area contributed by atoms with Gasteiger partial charge in [-0.1, -0.05) is 12.1 Å². The Bertz CT molecular complexity index is 1310. The first kappa shape index (κ1) is 23.4. The number of fused-ring (bicyclic) bond motifs is 1. The molecule has 0 unspecified atom stereocenters. The quantitative estimate of drug-likeness (QED) is 0.540. The number of aromatic nitrogens is 2. The molecule has 34 heavy (non-hydrogen) atoms. The van der Waals surface area contributed by atoms with Gasteiger partial charge in [0.05, 0.1) is 30.7 Å². The molecule has 0 atom stereocenters. The summed E-state index contributed by atoms with van der Waals surface area (Å²) in [4.78, 5) is 52.3. The lowest BCUT2D eigenvalue weighted by molar-refractivity contribution is -0.118. The zero-order valence-corrected chi connectivity index (χ0v) is 19.0. The van der Waals surface area contributed by atoms with Crippen LogP contribution in [0.1, 0.15) is 6.92 Å². The van der Waals surface area contributed by atoms with Crippen LogP contribution >= 0.6 is 0 Å². The number of hydrogen-bond donors (Lipinski definition) is 2. The average molecular weight is 466 g/mol. The molecular weight excluding hydrogens is 438 g/mol. The van der Waals surface area contributed by atoms with E-state index in [4.69, 9.17) is 4.74 Å². The average Bonchev–Trinajstić information content (AvgIpc) is 2.84. The smallest absolute Gasteiger partial charge is 0.331 e. The molecule has 4 rings (SSSR count). The third kappa shape index (κ3) is 5.24. The molecule has 10 nitrogen and oxygen atoms in total. The van der Waals surface area contributed by atoms with Crippen LogP contribution < -0.4 is 21.9 Å². The third-order valence-electron chi connectivity index (χ3n) is 5.67. The zero-order valence-electron chi connectivity index (χ0n) is 19.0. The van der Waals surface area contributed by atoms with Gasteiger partial charge >= 0.3 is 5.69 Å². The molecule has 0 radical (unpaired) electrons. The lowest BCUT2D eigenvalue weighted by Gasteiger charge is -2.25. The number of carbonyl (C=O) groups excluding carboxylic acids is 2. The summed E-state index contributed by atoms with van der Waals surface area (Å²) in [5.41, 5.74) is 0.659. The van der Waals surface area contributed by atoms with Crippen molar-refractivity contribution in [3.8, 4) is 0 Å². The zero-order chi connectivity index (χ0) is 24.1. The lowest BCUT2D eigenvalue weighted by Crippen LogP contribution is -2.41. The number of benzene rings is 2. The van der Waals surface area contributed by atoms with Gasteiger partial charge in [-0.3, -0.25) is 28.4 Å². The van der Waals surface area contributed by atoms with Crippen molar-refractivity contribution in [1.82, 2.24) is 14.0 Å². The van der Waals surface area contributed by atoms with Crippen molar-refractivity contribution < 1.29 is 14.3 Å². The summed E-state index contributed by atoms with van der Waals surface area (Å²) < 4.78 is 7.70. The van der Waals surface area contributed by atoms with Crippen LogP contribution in [0.25, 0.3) is 10.9 Å². The highest BCUT2D eigenvalue weighted by molar-refractivity contribution is 5.94. The van der Waals surface area contributed by atoms with Crippen molar-refractivity contribution in [2.75, 3.05) is 43.5 Å². The van der Waals surface area contributed by atoms with Crippen LogP contribution in [0.5, 0.6) is 0 Å². The molecule has 1 fully saturated rings. The molecule has 0 bridgehead atoms. The van der Waals surface area contributed by atoms with Crippen LogP contribution in [0.15, 0.2) is 58.1 Å². The van der Waals surface area contributed by atoms with Gasteiger partial charge in [-0.15, -0.1) is 0 Å². The van der Waals surface area contributed by atoms with E-state index in [9.17, 15) is 19.2 Å². The van der Waals surface area contributed by atoms with E-state index >= 15 is 0 Å². The summed E-state index contributed by atoms with van der Waals surface area (Å²) in [7, 11) is 0. The monoisotopic (exact) mass is 465 g/mol. The Hall–Kier alpha value is -3.76. The molecule has 178 valence electrons. The SMILES string of the molecule is CCn1c(=O)c2ccccc2n(CC(=O)Nc2ccc(NC(=O)CN3CCOCC3)cc2)c1=O. The first-order valence-corrected chi connectivity index (χ1v) is 11.2. The van der Waals surface area contributed by atoms with E-state index in [0.717, 1.165) is 17.7 Å². The number of ether oxygens (including phenoxy) is 1. The first-order chi connectivity index (χ1) is 16.5. The summed E-state index contributed by atoms with van der Waals surface area (Å²) >= 11 is 0. The molecule has 0 aliphatic carbocycles. The number of carbonyl (C=O) groups is 2. The van der Waals surface area contributed by atoms with Crippen LogP contribution in [0.3, 0.4) is 0 Å². The standard InChI is InChI=1S/C24H27N5O5/c1-2-28-23(32)19-5-3-4-6-20(19)29(24(28)33)16-22(31)26-18-9-7-17(8-10-18)25-21(30)15-27-11-13-34-14-12-27/h3-10H,2,11-16H2,1H3,(H,25,30)(H,26,31). The molecular formula is C24H27N5O5. The number of nitrogens with zero attached hydrogens (tertiary/aromatic N) is 3. The number of anilines is 2. The van der Waals surface area contributed by atoms with Gasteiger partial charge in [-0.2, -0.15) is 0 Å². The van der Waals surface area contributed by atoms with E-state index in [1.165, 1.54) is 4.57 Å². The van der Waals surface area contributed by atoms with E-state index in [1.54, 1.807) is 55.5 Å². The molecule has 0 saturated carbocycles. The predicted molar refractivity (Wildman–Crippen MR) is 129 cm³/mol. The highest BCUT2D eigenvalue weighted by Gasteiger charge is 2.16. The fourth-order valence-corrected chi connectivity index (χ4v) is 3.95. The highest BCUT2D eigenvalue weighted by atomic mass is 16.5. The molecule has 2 amide bonds. The maximum absolute atomic E-state index is 12.8. The fourth-order valence-electron chi connectivity index (χ4n) is 3.95. The topological polar surface area (TPSA) is 115 Å². The third-order valence-corrected chi connectivity index (χ3v) is 5.67. The lowest BCUT2D eigenvalue weighted by atomic mass is 10.2. The van der Waals surface area contributed by atoms with Crippen LogP contribution in [-0.2, 0) is 27.4 Å². The minimum absolute atomic E-state index is 0.115. The Morgan fingerprint density at radius 2 is 1.44 bits per heavy atom. The maximum Gasteiger partial charge on any atom is 0.331 e. The second kappa shape index (κ2) is 10.4. The second-order valence-corrected chi connectivity index (χ2v) is 8.00. The van der Waals surface area contributed by atoms with Gasteiger partial charge in [-0.25, -0.2) is 4.79 Å². The van der Waals surface area contributed by atoms with Gasteiger partial charge in [0.1, 0.15) is 6.54 Å². The normalized spacial score (nSPS) is 14.1. The Morgan fingerprint density at radius 1 is 0.853 bits per heavy atom. The van der Waals surface area contributed by atoms with E-state index in [-0.39, 0.29) is 24.6 Å². The van der Waals surface area contributed by atoms with Crippen LogP contribution in [0, 0.1) is 0 Å². The van der Waals surface area contributed by atoms with Crippen LogP contribution in [0.4, 0.5) is 11.4 Å². The first-order valence-electron chi connectivity index (χ1n) is 11.2. The summed E-state index contributed by atoms with van der Waals surface area (Å²) in [6, 6.07) is 13.5. The fraction of sp³-hybridized carbons (Fsp3) is 0.333. The van der Waals surface area contributed by atoms with E-state index in [2.05, 4.69) is 10.6 Å². The van der Waals surface area contributed by atoms with Crippen molar-refractivity contribution >= 4 is 34.1 Å². The maximum atomic E-state index is 12.8. The molecule has 2 heterocycles. The molecule has 3 aromatic rings. The Balaban J connectivity index is 1.42. The van der Waals surface area contributed by atoms with Gasteiger partial charge in [0.2, 0.25) is 11.8 Å². The van der Waals surface area contributed by atoms with Crippen molar-refractivity contribution in [3.05, 3.63) is 69.4 Å². The highest BCUT2D eigenvalue weighted by Crippen LogP contribution is 2.14. The molecule has 2 aromatic carbocycles. The van der Waals surface area contributed by atoms with Gasteiger partial charge < -0.3 is 15.4 Å². The molecule has 1 aliphatic heterocycles. The van der Waals surface area contributed by atoms with Gasteiger partial charge in [0.25, 0.3) is 5.56 Å². The minimum atomic E-state index is -0.528. The van der Waals surface area contributed by atoms with Crippen molar-refractivity contribution in [3.63, 3.8) is 0 Å². The summed E-state index contributed by atoms with van der Waals surface area (Å²) in [6.07, 6.45) is 0. The predicted octanol–water partition coefficient (Wildman–Crippen LogP) is 1.09. The Labute approximate surface area is 195 Å². The largest absolute Gasteiger partial charge is 0.379 e. The van der Waals surface area contributed by atoms with E-state index < -0.39 is 11.6 Å². The number of morpholine rings is 1. The van der Waals surface area contributed by atoms with Gasteiger partial charge in [0, 0.05) is 31.0 Å². The van der Waals surface area contributed by atoms with Gasteiger partial charge in [0.15, 0.2) is 0 Å². The number of para-hydroxylation sites is 1. The minimum Gasteiger partial charge on any atom is -0.379 e.